The predicted octanol–water partition coefficient (Wildman–Crippen LogP) is 6.07. The van der Waals surface area contributed by atoms with Gasteiger partial charge in [0.2, 0.25) is 0 Å². The maximum Gasteiger partial charge on any atom is 0.302 e. The summed E-state index contributed by atoms with van der Waals surface area (Å²) in [5, 5.41) is 10.3. The maximum absolute atomic E-state index is 11.5. The molecule has 4 fully saturated rings. The van der Waals surface area contributed by atoms with Crippen LogP contribution in [0.15, 0.2) is 0 Å². The first-order chi connectivity index (χ1) is 13.9. The zero-order chi connectivity index (χ0) is 21.9. The third-order valence-electron chi connectivity index (χ3n) is 9.73. The lowest BCUT2D eigenvalue weighted by atomic mass is 9.44. The Hall–Kier alpha value is -0.863. The first-order valence-electron chi connectivity index (χ1n) is 12.2. The number of nitrogens with zero attached hydrogens (tertiary/aromatic N) is 1. The second-order valence-electron chi connectivity index (χ2n) is 12.3. The highest BCUT2D eigenvalue weighted by Crippen LogP contribution is 2.69. The molecule has 0 amide bonds. The van der Waals surface area contributed by atoms with Crippen molar-refractivity contribution in [2.75, 3.05) is 0 Å². The van der Waals surface area contributed by atoms with Crippen molar-refractivity contribution in [1.82, 2.24) is 0 Å². The van der Waals surface area contributed by atoms with Crippen LogP contribution in [0, 0.1) is 45.8 Å². The maximum atomic E-state index is 11.5. The largest absolute Gasteiger partial charge is 0.463 e. The standard InChI is InChI=1S/C25H41NO3Si/c1-17(27)28-19-9-12-23(2)18(15-19)7-8-20-21(23)10-13-24(3)22(20)11-14-25(24,16-26)29-30(4,5)6/h18-22H,7-15H2,1-6H3. The van der Waals surface area contributed by atoms with Gasteiger partial charge in [-0.3, -0.25) is 4.79 Å². The molecule has 0 heterocycles. The molecular weight excluding hydrogens is 390 g/mol. The molecule has 5 heteroatoms. The van der Waals surface area contributed by atoms with Crippen LogP contribution in [0.4, 0.5) is 0 Å². The average Bonchev–Trinajstić information content (AvgIpc) is 2.93. The monoisotopic (exact) mass is 431 g/mol. The van der Waals surface area contributed by atoms with E-state index >= 15 is 0 Å². The number of esters is 1. The molecule has 4 saturated carbocycles. The van der Waals surface area contributed by atoms with Crippen LogP contribution < -0.4 is 0 Å². The van der Waals surface area contributed by atoms with E-state index in [4.69, 9.17) is 9.16 Å². The van der Waals surface area contributed by atoms with Crippen LogP contribution in [0.2, 0.25) is 19.6 Å². The van der Waals surface area contributed by atoms with Gasteiger partial charge in [-0.05, 0) is 107 Å². The van der Waals surface area contributed by atoms with Crippen LogP contribution in [-0.4, -0.2) is 26.0 Å². The van der Waals surface area contributed by atoms with E-state index < -0.39 is 13.9 Å². The summed E-state index contributed by atoms with van der Waals surface area (Å²) in [6, 6.07) is 2.72. The molecule has 4 rings (SSSR count). The van der Waals surface area contributed by atoms with E-state index in [1.807, 2.05) is 0 Å². The number of ether oxygens (including phenoxy) is 1. The zero-order valence-electron chi connectivity index (χ0n) is 19.9. The van der Waals surface area contributed by atoms with Gasteiger partial charge in [0.15, 0.2) is 8.32 Å². The molecule has 8 unspecified atom stereocenters. The molecule has 168 valence electrons. The summed E-state index contributed by atoms with van der Waals surface area (Å²) in [6.07, 6.45) is 10.3. The number of carbonyl (C=O) groups is 1. The van der Waals surface area contributed by atoms with Crippen molar-refractivity contribution in [3.8, 4) is 6.07 Å². The van der Waals surface area contributed by atoms with E-state index in [1.54, 1.807) is 0 Å². The van der Waals surface area contributed by atoms with E-state index in [0.29, 0.717) is 17.3 Å². The lowest BCUT2D eigenvalue weighted by molar-refractivity contribution is -0.163. The van der Waals surface area contributed by atoms with Crippen LogP contribution in [0.5, 0.6) is 0 Å². The topological polar surface area (TPSA) is 59.3 Å². The lowest BCUT2D eigenvalue weighted by Gasteiger charge is -2.61. The normalized spacial score (nSPS) is 48.1. The van der Waals surface area contributed by atoms with Crippen molar-refractivity contribution in [1.29, 1.82) is 5.26 Å². The van der Waals surface area contributed by atoms with Crippen molar-refractivity contribution in [3.63, 3.8) is 0 Å². The molecule has 4 aliphatic carbocycles. The first kappa shape index (κ1) is 22.3. The smallest absolute Gasteiger partial charge is 0.302 e. The number of fused-ring (bicyclic) bond motifs is 5. The molecule has 0 aromatic carbocycles. The molecule has 0 saturated heterocycles. The first-order valence-corrected chi connectivity index (χ1v) is 15.6. The lowest BCUT2D eigenvalue weighted by Crippen LogP contribution is -2.58. The van der Waals surface area contributed by atoms with Gasteiger partial charge < -0.3 is 9.16 Å². The summed E-state index contributed by atoms with van der Waals surface area (Å²) in [6.45, 7) is 13.1. The van der Waals surface area contributed by atoms with E-state index in [2.05, 4.69) is 39.6 Å². The van der Waals surface area contributed by atoms with Gasteiger partial charge in [0.05, 0.1) is 6.07 Å². The summed E-state index contributed by atoms with van der Waals surface area (Å²) in [5.74, 6) is 2.61. The van der Waals surface area contributed by atoms with Gasteiger partial charge in [-0.25, -0.2) is 0 Å². The van der Waals surface area contributed by atoms with Crippen LogP contribution in [0.3, 0.4) is 0 Å². The van der Waals surface area contributed by atoms with Crippen molar-refractivity contribution in [2.24, 2.45) is 34.5 Å². The minimum absolute atomic E-state index is 0.0126. The Bertz CT molecular complexity index is 742. The number of rotatable bonds is 3. The van der Waals surface area contributed by atoms with Crippen LogP contribution in [-0.2, 0) is 14.0 Å². The predicted molar refractivity (Wildman–Crippen MR) is 120 cm³/mol. The van der Waals surface area contributed by atoms with Crippen LogP contribution in [0.25, 0.3) is 0 Å². The zero-order valence-corrected chi connectivity index (χ0v) is 20.9. The van der Waals surface area contributed by atoms with Gasteiger partial charge in [-0.15, -0.1) is 0 Å². The van der Waals surface area contributed by atoms with E-state index in [0.717, 1.165) is 43.9 Å². The number of hydrogen-bond acceptors (Lipinski definition) is 4. The fourth-order valence-corrected chi connectivity index (χ4v) is 9.88. The molecule has 0 spiro atoms. The number of carbonyl (C=O) groups excluding carboxylic acids is 1. The molecule has 0 N–H and O–H groups in total. The molecule has 0 radical (unpaired) electrons. The molecule has 0 bridgehead atoms. The summed E-state index contributed by atoms with van der Waals surface area (Å²) in [4.78, 5) is 11.5. The Kier molecular flexibility index (Phi) is 5.46. The Balaban J connectivity index is 1.57. The van der Waals surface area contributed by atoms with Crippen LogP contribution in [0.1, 0.15) is 78.6 Å². The van der Waals surface area contributed by atoms with Gasteiger partial charge in [0, 0.05) is 12.3 Å². The fourth-order valence-electron chi connectivity index (χ4n) is 8.46. The Morgan fingerprint density at radius 3 is 2.33 bits per heavy atom. The molecule has 4 aliphatic rings. The summed E-state index contributed by atoms with van der Waals surface area (Å²) in [7, 11) is -1.81. The average molecular weight is 432 g/mol. The Morgan fingerprint density at radius 1 is 1.00 bits per heavy atom. The molecule has 8 atom stereocenters. The second-order valence-corrected chi connectivity index (χ2v) is 16.7. The minimum atomic E-state index is -1.81. The van der Waals surface area contributed by atoms with Crippen molar-refractivity contribution in [2.45, 2.75) is 110 Å². The Morgan fingerprint density at radius 2 is 1.70 bits per heavy atom. The van der Waals surface area contributed by atoms with Crippen molar-refractivity contribution >= 4 is 14.3 Å². The summed E-state index contributed by atoms with van der Waals surface area (Å²) < 4.78 is 12.3. The summed E-state index contributed by atoms with van der Waals surface area (Å²) >= 11 is 0. The minimum Gasteiger partial charge on any atom is -0.463 e. The number of hydrogen-bond donors (Lipinski definition) is 0. The quantitative estimate of drug-likeness (QED) is 0.402. The van der Waals surface area contributed by atoms with Gasteiger partial charge in [0.1, 0.15) is 11.7 Å². The summed E-state index contributed by atoms with van der Waals surface area (Å²) in [5.41, 5.74) is -0.238. The SMILES string of the molecule is CC(=O)OC1CCC2(C)C(CCC3C2CCC2(C)C3CCC2(C#N)O[Si](C)(C)C)C1. The fraction of sp³-hybridized carbons (Fsp3) is 0.920. The Labute approximate surface area is 184 Å². The van der Waals surface area contributed by atoms with Gasteiger partial charge in [0.25, 0.3) is 0 Å². The highest BCUT2D eigenvalue weighted by Gasteiger charge is 2.66. The van der Waals surface area contributed by atoms with Crippen molar-refractivity contribution in [3.05, 3.63) is 0 Å². The van der Waals surface area contributed by atoms with Gasteiger partial charge >= 0.3 is 5.97 Å². The molecular formula is C25H41NO3Si. The number of nitriles is 1. The molecule has 4 nitrogen and oxygen atoms in total. The van der Waals surface area contributed by atoms with Crippen molar-refractivity contribution < 1.29 is 14.0 Å². The highest BCUT2D eigenvalue weighted by molar-refractivity contribution is 6.69. The van der Waals surface area contributed by atoms with E-state index in [9.17, 15) is 10.1 Å². The molecule has 0 aliphatic heterocycles. The molecule has 0 aromatic heterocycles. The van der Waals surface area contributed by atoms with Gasteiger partial charge in [-0.2, -0.15) is 5.26 Å². The third-order valence-corrected chi connectivity index (χ3v) is 10.7. The second kappa shape index (κ2) is 7.34. The highest BCUT2D eigenvalue weighted by atomic mass is 28.4. The molecule has 30 heavy (non-hydrogen) atoms. The van der Waals surface area contributed by atoms with Gasteiger partial charge in [-0.1, -0.05) is 13.8 Å². The van der Waals surface area contributed by atoms with Crippen LogP contribution >= 0.6 is 0 Å². The molecule has 0 aromatic rings. The van der Waals surface area contributed by atoms with E-state index in [-0.39, 0.29) is 17.5 Å². The third kappa shape index (κ3) is 3.37. The van der Waals surface area contributed by atoms with E-state index in [1.165, 1.54) is 32.6 Å².